The molecule has 5 heteroatoms. The lowest BCUT2D eigenvalue weighted by Crippen LogP contribution is -1.54. The van der Waals surface area contributed by atoms with Crippen LogP contribution < -0.4 is 0 Å². The van der Waals surface area contributed by atoms with E-state index < -0.39 is 0 Å². The second-order valence-electron chi connectivity index (χ2n) is 1.15. The van der Waals surface area contributed by atoms with Crippen molar-refractivity contribution in [1.82, 2.24) is 5.16 Å². The van der Waals surface area contributed by atoms with Gasteiger partial charge in [-0.25, -0.2) is 5.16 Å². The monoisotopic (exact) mass is 211 g/mol. The van der Waals surface area contributed by atoms with E-state index in [-0.39, 0.29) is 0 Å². The van der Waals surface area contributed by atoms with Crippen LogP contribution in [0.25, 0.3) is 0 Å². The fraction of sp³-hybridized carbons (Fsp3) is 0. The topological polar surface area (TPSA) is 28.9 Å². The Morgan fingerprint density at radius 1 is 1.75 bits per heavy atom. The molecule has 0 atom stereocenters. The third-order valence-corrected chi connectivity index (χ3v) is 2.56. The SMILES string of the molecule is S=c1[nH]oc(S)c1Br. The Kier molecular flexibility index (Phi) is 1.79. The van der Waals surface area contributed by atoms with Gasteiger partial charge >= 0.3 is 0 Å². The normalized spacial score (nSPS) is 9.75. The molecule has 1 N–H and O–H groups in total. The molecule has 0 unspecified atom stereocenters. The Morgan fingerprint density at radius 2 is 2.38 bits per heavy atom. The predicted molar refractivity (Wildman–Crippen MR) is 38.8 cm³/mol. The summed E-state index contributed by atoms with van der Waals surface area (Å²) in [5.41, 5.74) is 0. The van der Waals surface area contributed by atoms with Crippen molar-refractivity contribution in [3.05, 3.63) is 9.11 Å². The van der Waals surface area contributed by atoms with Crippen molar-refractivity contribution in [3.63, 3.8) is 0 Å². The number of thiol groups is 1. The zero-order chi connectivity index (χ0) is 6.15. The summed E-state index contributed by atoms with van der Waals surface area (Å²) in [6.45, 7) is 0. The van der Waals surface area contributed by atoms with Crippen LogP contribution in [0.2, 0.25) is 0 Å². The lowest BCUT2D eigenvalue weighted by Gasteiger charge is -1.73. The maximum atomic E-state index is 4.73. The van der Waals surface area contributed by atoms with Gasteiger partial charge < -0.3 is 4.52 Å². The van der Waals surface area contributed by atoms with Gasteiger partial charge in [0, 0.05) is 0 Å². The van der Waals surface area contributed by atoms with E-state index in [2.05, 4.69) is 38.2 Å². The van der Waals surface area contributed by atoms with Crippen LogP contribution >= 0.6 is 40.8 Å². The van der Waals surface area contributed by atoms with E-state index >= 15 is 0 Å². The molecule has 0 aliphatic carbocycles. The van der Waals surface area contributed by atoms with Crippen LogP contribution in [0.4, 0.5) is 0 Å². The number of H-pyrrole nitrogens is 1. The quantitative estimate of drug-likeness (QED) is 0.510. The zero-order valence-electron chi connectivity index (χ0n) is 3.64. The lowest BCUT2D eigenvalue weighted by molar-refractivity contribution is 0.348. The molecule has 0 spiro atoms. The van der Waals surface area contributed by atoms with Gasteiger partial charge in [0.05, 0.1) is 0 Å². The highest BCUT2D eigenvalue weighted by Gasteiger charge is 1.98. The Morgan fingerprint density at radius 3 is 2.50 bits per heavy atom. The van der Waals surface area contributed by atoms with Crippen molar-refractivity contribution in [2.45, 2.75) is 5.09 Å². The van der Waals surface area contributed by atoms with Crippen molar-refractivity contribution in [2.24, 2.45) is 0 Å². The smallest absolute Gasteiger partial charge is 0.202 e. The van der Waals surface area contributed by atoms with Crippen LogP contribution in [0.15, 0.2) is 14.1 Å². The molecule has 1 heterocycles. The number of aromatic nitrogens is 1. The van der Waals surface area contributed by atoms with E-state index in [1.807, 2.05) is 0 Å². The van der Waals surface area contributed by atoms with Gasteiger partial charge in [0.25, 0.3) is 0 Å². The molecule has 0 aromatic carbocycles. The molecule has 44 valence electrons. The van der Waals surface area contributed by atoms with Crippen molar-refractivity contribution >= 4 is 40.8 Å². The zero-order valence-corrected chi connectivity index (χ0v) is 6.94. The van der Waals surface area contributed by atoms with Crippen molar-refractivity contribution in [3.8, 4) is 0 Å². The molecule has 0 saturated heterocycles. The molecule has 0 aliphatic rings. The minimum atomic E-state index is 0.481. The standard InChI is InChI=1S/C3H2BrNOS2/c4-1-2(7)5-6-3(1)8/h8H,(H,5,7). The first-order valence-electron chi connectivity index (χ1n) is 1.77. The van der Waals surface area contributed by atoms with Crippen LogP contribution in [0, 0.1) is 4.64 Å². The molecule has 1 rings (SSSR count). The van der Waals surface area contributed by atoms with E-state index in [9.17, 15) is 0 Å². The Balaban J connectivity index is 3.41. The number of nitrogens with one attached hydrogen (secondary N) is 1. The lowest BCUT2D eigenvalue weighted by atomic mass is 10.8. The maximum Gasteiger partial charge on any atom is 0.202 e. The molecule has 0 fully saturated rings. The van der Waals surface area contributed by atoms with E-state index in [0.717, 1.165) is 0 Å². The molecule has 0 aliphatic heterocycles. The highest BCUT2D eigenvalue weighted by molar-refractivity contribution is 9.10. The predicted octanol–water partition coefficient (Wildman–Crippen LogP) is 2.39. The Hall–Kier alpha value is 0.260. The van der Waals surface area contributed by atoms with E-state index in [4.69, 9.17) is 12.2 Å². The van der Waals surface area contributed by atoms with Gasteiger partial charge in [0.2, 0.25) is 5.09 Å². The average molecular weight is 212 g/mol. The summed E-state index contributed by atoms with van der Waals surface area (Å²) in [6, 6.07) is 0. The first kappa shape index (κ1) is 6.38. The second kappa shape index (κ2) is 2.24. The third-order valence-electron chi connectivity index (χ3n) is 0.628. The number of aromatic amines is 1. The van der Waals surface area contributed by atoms with E-state index in [1.54, 1.807) is 0 Å². The van der Waals surface area contributed by atoms with Crippen molar-refractivity contribution in [2.75, 3.05) is 0 Å². The molecule has 1 aromatic heterocycles. The summed E-state index contributed by atoms with van der Waals surface area (Å²) >= 11 is 11.8. The van der Waals surface area contributed by atoms with Gasteiger partial charge in [-0.2, -0.15) is 0 Å². The van der Waals surface area contributed by atoms with E-state index in [1.165, 1.54) is 0 Å². The minimum absolute atomic E-state index is 0.481. The molecular formula is C3H2BrNOS2. The summed E-state index contributed by atoms with van der Waals surface area (Å²) in [6.07, 6.45) is 0. The van der Waals surface area contributed by atoms with Crippen LogP contribution in [0.5, 0.6) is 0 Å². The van der Waals surface area contributed by atoms with Gasteiger partial charge in [-0.1, -0.05) is 12.2 Å². The van der Waals surface area contributed by atoms with Gasteiger partial charge in [0.1, 0.15) is 4.47 Å². The average Bonchev–Trinajstić information content (AvgIpc) is 1.98. The summed E-state index contributed by atoms with van der Waals surface area (Å²) in [5, 5.41) is 2.93. The van der Waals surface area contributed by atoms with Crippen LogP contribution in [-0.2, 0) is 0 Å². The van der Waals surface area contributed by atoms with Gasteiger partial charge in [-0.3, -0.25) is 0 Å². The highest BCUT2D eigenvalue weighted by atomic mass is 79.9. The van der Waals surface area contributed by atoms with Gasteiger partial charge in [-0.15, -0.1) is 12.6 Å². The van der Waals surface area contributed by atoms with Crippen molar-refractivity contribution in [1.29, 1.82) is 0 Å². The summed E-state index contributed by atoms with van der Waals surface area (Å²) < 4.78 is 5.92. The summed E-state index contributed by atoms with van der Waals surface area (Å²) in [5.74, 6) is 0. The number of hydrogen-bond acceptors (Lipinski definition) is 3. The molecule has 0 bridgehead atoms. The molecule has 1 aromatic rings. The molecule has 0 radical (unpaired) electrons. The van der Waals surface area contributed by atoms with E-state index in [0.29, 0.717) is 14.2 Å². The Bertz CT molecular complexity index is 240. The van der Waals surface area contributed by atoms with Crippen LogP contribution in [0.3, 0.4) is 0 Å². The number of rotatable bonds is 0. The largest absolute Gasteiger partial charge is 0.373 e. The molecule has 8 heavy (non-hydrogen) atoms. The van der Waals surface area contributed by atoms with Crippen LogP contribution in [-0.4, -0.2) is 5.16 Å². The molecular weight excluding hydrogens is 210 g/mol. The molecule has 0 amide bonds. The first-order valence-corrected chi connectivity index (χ1v) is 3.42. The van der Waals surface area contributed by atoms with Crippen LogP contribution in [0.1, 0.15) is 0 Å². The second-order valence-corrected chi connectivity index (χ2v) is 2.76. The minimum Gasteiger partial charge on any atom is -0.373 e. The number of halogens is 1. The van der Waals surface area contributed by atoms with Crippen molar-refractivity contribution < 1.29 is 4.52 Å². The maximum absolute atomic E-state index is 4.73. The molecule has 2 nitrogen and oxygen atoms in total. The summed E-state index contributed by atoms with van der Waals surface area (Å²) in [4.78, 5) is 0. The fourth-order valence-corrected chi connectivity index (χ4v) is 0.811. The van der Waals surface area contributed by atoms with Gasteiger partial charge in [0.15, 0.2) is 4.64 Å². The number of hydrogen-bond donors (Lipinski definition) is 2. The summed E-state index contributed by atoms with van der Waals surface area (Å²) in [7, 11) is 0. The van der Waals surface area contributed by atoms with Gasteiger partial charge in [-0.05, 0) is 15.9 Å². The third kappa shape index (κ3) is 0.985. The fourth-order valence-electron chi connectivity index (χ4n) is 0.281. The highest BCUT2D eigenvalue weighted by Crippen LogP contribution is 2.20. The first-order chi connectivity index (χ1) is 3.72. The molecule has 0 saturated carbocycles. The Labute approximate surface area is 64.8 Å².